The molecule has 1 aromatic carbocycles. The van der Waals surface area contributed by atoms with Crippen molar-refractivity contribution in [2.75, 3.05) is 6.61 Å². The fourth-order valence-corrected chi connectivity index (χ4v) is 2.82. The second-order valence-corrected chi connectivity index (χ2v) is 6.22. The molecule has 1 amide bonds. The highest BCUT2D eigenvalue weighted by atomic mass is 16.5. The number of benzene rings is 1. The lowest BCUT2D eigenvalue weighted by Crippen LogP contribution is -2.53. The Labute approximate surface area is 147 Å². The number of aromatic hydroxyl groups is 1. The van der Waals surface area contributed by atoms with Gasteiger partial charge in [-0.25, -0.2) is 0 Å². The summed E-state index contributed by atoms with van der Waals surface area (Å²) in [7, 11) is 0. The van der Waals surface area contributed by atoms with Crippen LogP contribution in [0, 0.1) is 0 Å². The Morgan fingerprint density at radius 2 is 2.04 bits per heavy atom. The molecule has 136 valence electrons. The second-order valence-electron chi connectivity index (χ2n) is 6.22. The molecule has 4 N–H and O–H groups in total. The zero-order valence-electron chi connectivity index (χ0n) is 14.3. The molecule has 6 heteroatoms. The van der Waals surface area contributed by atoms with E-state index in [1.807, 2.05) is 0 Å². The van der Waals surface area contributed by atoms with Gasteiger partial charge in [0.1, 0.15) is 6.61 Å². The van der Waals surface area contributed by atoms with Gasteiger partial charge in [-0.3, -0.25) is 4.79 Å². The largest absolute Gasteiger partial charge is 0.504 e. The van der Waals surface area contributed by atoms with E-state index in [1.165, 1.54) is 6.07 Å². The third-order valence-corrected chi connectivity index (χ3v) is 4.21. The summed E-state index contributed by atoms with van der Waals surface area (Å²) >= 11 is 0. The van der Waals surface area contributed by atoms with E-state index in [1.54, 1.807) is 31.2 Å². The summed E-state index contributed by atoms with van der Waals surface area (Å²) in [6.45, 7) is 5.47. The van der Waals surface area contributed by atoms with E-state index in [0.717, 1.165) is 6.42 Å². The van der Waals surface area contributed by atoms with Gasteiger partial charge in [0.05, 0.1) is 18.2 Å². The molecule has 0 bridgehead atoms. The Morgan fingerprint density at radius 3 is 2.64 bits per heavy atom. The number of nitrogens with one attached hydrogen (secondary N) is 1. The minimum Gasteiger partial charge on any atom is -0.504 e. The summed E-state index contributed by atoms with van der Waals surface area (Å²) in [5, 5.41) is 32.5. The number of aliphatic hydroxyl groups excluding tert-OH is 2. The maximum absolute atomic E-state index is 12.3. The molecule has 1 fully saturated rings. The minimum absolute atomic E-state index is 0.0260. The van der Waals surface area contributed by atoms with Gasteiger partial charge in [0.2, 0.25) is 5.91 Å². The van der Waals surface area contributed by atoms with Crippen molar-refractivity contribution in [2.24, 2.45) is 0 Å². The molecule has 0 spiro atoms. The van der Waals surface area contributed by atoms with Gasteiger partial charge in [0.25, 0.3) is 0 Å². The average Bonchev–Trinajstić information content (AvgIpc) is 2.57. The van der Waals surface area contributed by atoms with Crippen LogP contribution in [0.15, 0.2) is 36.4 Å². The van der Waals surface area contributed by atoms with Crippen LogP contribution in [0.3, 0.4) is 0 Å². The number of rotatable bonds is 6. The van der Waals surface area contributed by atoms with Crippen molar-refractivity contribution in [1.82, 2.24) is 5.32 Å². The first-order valence-electron chi connectivity index (χ1n) is 8.34. The molecule has 1 aliphatic carbocycles. The molecule has 0 saturated heterocycles. The highest BCUT2D eigenvalue weighted by Gasteiger charge is 2.32. The Morgan fingerprint density at radius 1 is 1.36 bits per heavy atom. The SMILES string of the molecule is C=CCOc1ccc(/C=C(\C)C(=O)NC2[C@H](O)CCC[C@@H]2O)cc1O. The molecule has 1 aromatic rings. The fourth-order valence-electron chi connectivity index (χ4n) is 2.82. The van der Waals surface area contributed by atoms with Crippen molar-refractivity contribution < 1.29 is 24.9 Å². The average molecular weight is 347 g/mol. The van der Waals surface area contributed by atoms with Crippen LogP contribution in [0.2, 0.25) is 0 Å². The molecule has 1 aliphatic rings. The summed E-state index contributed by atoms with van der Waals surface area (Å²) in [5.74, 6) is -0.0500. The number of ether oxygens (including phenoxy) is 1. The first kappa shape index (κ1) is 19.0. The van der Waals surface area contributed by atoms with E-state index in [2.05, 4.69) is 11.9 Å². The van der Waals surface area contributed by atoms with Gasteiger partial charge < -0.3 is 25.4 Å². The third kappa shape index (κ3) is 5.08. The van der Waals surface area contributed by atoms with Crippen molar-refractivity contribution >= 4 is 12.0 Å². The van der Waals surface area contributed by atoms with Crippen LogP contribution in [0.5, 0.6) is 11.5 Å². The van der Waals surface area contributed by atoms with Crippen LogP contribution in [0.1, 0.15) is 31.7 Å². The lowest BCUT2D eigenvalue weighted by molar-refractivity contribution is -0.121. The van der Waals surface area contributed by atoms with Crippen LogP contribution in [-0.2, 0) is 4.79 Å². The number of carbonyl (C=O) groups is 1. The van der Waals surface area contributed by atoms with Crippen LogP contribution in [-0.4, -0.2) is 46.1 Å². The highest BCUT2D eigenvalue weighted by molar-refractivity contribution is 5.97. The smallest absolute Gasteiger partial charge is 0.247 e. The molecule has 0 aliphatic heterocycles. The third-order valence-electron chi connectivity index (χ3n) is 4.21. The Hall–Kier alpha value is -2.31. The van der Waals surface area contributed by atoms with E-state index >= 15 is 0 Å². The maximum atomic E-state index is 12.3. The van der Waals surface area contributed by atoms with Gasteiger partial charge in [-0.2, -0.15) is 0 Å². The standard InChI is InChI=1S/C19H25NO5/c1-3-9-25-17-8-7-13(11-16(17)23)10-12(2)19(24)20-18-14(21)5-4-6-15(18)22/h3,7-8,10-11,14-15,18,21-23H,1,4-6,9H2,2H3,(H,20,24)/b12-10+/t14-,15+,18?. The maximum Gasteiger partial charge on any atom is 0.247 e. The molecule has 2 rings (SSSR count). The summed E-state index contributed by atoms with van der Waals surface area (Å²) in [5.41, 5.74) is 1.05. The van der Waals surface area contributed by atoms with E-state index in [0.29, 0.717) is 29.7 Å². The molecule has 25 heavy (non-hydrogen) atoms. The lowest BCUT2D eigenvalue weighted by Gasteiger charge is -2.32. The molecule has 1 unspecified atom stereocenters. The summed E-state index contributed by atoms with van der Waals surface area (Å²) in [6, 6.07) is 4.18. The van der Waals surface area contributed by atoms with Crippen molar-refractivity contribution in [2.45, 2.75) is 44.4 Å². The number of hydrogen-bond donors (Lipinski definition) is 4. The number of carbonyl (C=O) groups excluding carboxylic acids is 1. The molecular weight excluding hydrogens is 322 g/mol. The molecule has 0 aromatic heterocycles. The van der Waals surface area contributed by atoms with Crippen molar-refractivity contribution in [3.05, 3.63) is 42.0 Å². The lowest BCUT2D eigenvalue weighted by atomic mass is 9.89. The van der Waals surface area contributed by atoms with Gasteiger partial charge in [0, 0.05) is 5.57 Å². The normalized spacial score (nSPS) is 23.8. The molecule has 0 heterocycles. The predicted octanol–water partition coefficient (Wildman–Crippen LogP) is 1.75. The molecule has 0 radical (unpaired) electrons. The second kappa shape index (κ2) is 8.69. The number of phenolic OH excluding ortho intramolecular Hbond substituents is 1. The van der Waals surface area contributed by atoms with Gasteiger partial charge in [-0.1, -0.05) is 18.7 Å². The molecular formula is C19H25NO5. The van der Waals surface area contributed by atoms with Crippen molar-refractivity contribution in [3.63, 3.8) is 0 Å². The summed E-state index contributed by atoms with van der Waals surface area (Å²) in [4.78, 5) is 12.3. The van der Waals surface area contributed by atoms with E-state index in [-0.39, 0.29) is 18.3 Å². The number of phenols is 1. The van der Waals surface area contributed by atoms with Crippen LogP contribution < -0.4 is 10.1 Å². The first-order chi connectivity index (χ1) is 11.9. The Kier molecular flexibility index (Phi) is 6.61. The number of hydrogen-bond acceptors (Lipinski definition) is 5. The first-order valence-corrected chi connectivity index (χ1v) is 8.34. The quantitative estimate of drug-likeness (QED) is 0.464. The van der Waals surface area contributed by atoms with Gasteiger partial charge in [-0.15, -0.1) is 0 Å². The van der Waals surface area contributed by atoms with Crippen molar-refractivity contribution in [3.8, 4) is 11.5 Å². The zero-order valence-corrected chi connectivity index (χ0v) is 14.3. The van der Waals surface area contributed by atoms with Crippen LogP contribution >= 0.6 is 0 Å². The van der Waals surface area contributed by atoms with Crippen molar-refractivity contribution in [1.29, 1.82) is 0 Å². The van der Waals surface area contributed by atoms with E-state index in [4.69, 9.17) is 4.74 Å². The number of amides is 1. The van der Waals surface area contributed by atoms with Crippen LogP contribution in [0.25, 0.3) is 6.08 Å². The summed E-state index contributed by atoms with van der Waals surface area (Å²) < 4.78 is 5.29. The van der Waals surface area contributed by atoms with Gasteiger partial charge in [-0.05, 0) is 50.0 Å². The Balaban J connectivity index is 2.05. The molecule has 6 nitrogen and oxygen atoms in total. The minimum atomic E-state index is -0.745. The van der Waals surface area contributed by atoms with E-state index in [9.17, 15) is 20.1 Å². The predicted molar refractivity (Wildman–Crippen MR) is 95.2 cm³/mol. The monoisotopic (exact) mass is 347 g/mol. The van der Waals surface area contributed by atoms with Gasteiger partial charge in [0.15, 0.2) is 11.5 Å². The topological polar surface area (TPSA) is 99.0 Å². The summed E-state index contributed by atoms with van der Waals surface area (Å²) in [6.07, 6.45) is 3.57. The van der Waals surface area contributed by atoms with E-state index < -0.39 is 18.2 Å². The molecule has 3 atom stereocenters. The Bertz CT molecular complexity index is 645. The zero-order chi connectivity index (χ0) is 18.4. The highest BCUT2D eigenvalue weighted by Crippen LogP contribution is 2.28. The molecule has 1 saturated carbocycles. The fraction of sp³-hybridized carbons (Fsp3) is 0.421. The van der Waals surface area contributed by atoms with Crippen LogP contribution in [0.4, 0.5) is 0 Å². The van der Waals surface area contributed by atoms with Gasteiger partial charge >= 0.3 is 0 Å². The number of aliphatic hydroxyl groups is 2.